The van der Waals surface area contributed by atoms with Crippen molar-refractivity contribution >= 4 is 12.0 Å². The van der Waals surface area contributed by atoms with Crippen LogP contribution in [0.2, 0.25) is 0 Å². The number of nitrogens with zero attached hydrogens (tertiary/aromatic N) is 4. The fourth-order valence-corrected chi connectivity index (χ4v) is 2.45. The molecule has 2 aromatic rings. The van der Waals surface area contributed by atoms with Crippen LogP contribution in [0.1, 0.15) is 11.1 Å². The zero-order chi connectivity index (χ0) is 16.1. The molecule has 3 rings (SSSR count). The molecule has 1 fully saturated rings. The van der Waals surface area contributed by atoms with Crippen LogP contribution in [0.5, 0.6) is 0 Å². The average molecular weight is 312 g/mol. The molecule has 0 N–H and O–H groups in total. The Bertz CT molecular complexity index is 637. The summed E-state index contributed by atoms with van der Waals surface area (Å²) >= 11 is 0. The van der Waals surface area contributed by atoms with E-state index in [1.165, 1.54) is 0 Å². The fourth-order valence-electron chi connectivity index (χ4n) is 2.45. The highest BCUT2D eigenvalue weighted by molar-refractivity contribution is 5.68. The van der Waals surface area contributed by atoms with Crippen LogP contribution >= 0.6 is 0 Å². The second-order valence-electron chi connectivity index (χ2n) is 5.57. The minimum Gasteiger partial charge on any atom is -0.445 e. The summed E-state index contributed by atoms with van der Waals surface area (Å²) in [5.74, 6) is 0.716. The van der Waals surface area contributed by atoms with Crippen LogP contribution in [0.15, 0.2) is 42.7 Å². The molecule has 1 aliphatic rings. The summed E-state index contributed by atoms with van der Waals surface area (Å²) in [4.78, 5) is 24.6. The van der Waals surface area contributed by atoms with E-state index < -0.39 is 0 Å². The van der Waals surface area contributed by atoms with Gasteiger partial charge in [0.2, 0.25) is 5.95 Å². The van der Waals surface area contributed by atoms with E-state index in [-0.39, 0.29) is 6.09 Å². The molecule has 0 bridgehead atoms. The maximum atomic E-state index is 12.1. The Kier molecular flexibility index (Phi) is 4.71. The first-order valence-corrected chi connectivity index (χ1v) is 7.71. The lowest BCUT2D eigenvalue weighted by Gasteiger charge is -2.34. The van der Waals surface area contributed by atoms with Crippen LogP contribution in [0.4, 0.5) is 10.7 Å². The minimum absolute atomic E-state index is 0.265. The first kappa shape index (κ1) is 15.3. The van der Waals surface area contributed by atoms with Gasteiger partial charge in [-0.05, 0) is 18.1 Å². The van der Waals surface area contributed by atoms with Gasteiger partial charge >= 0.3 is 6.09 Å². The van der Waals surface area contributed by atoms with E-state index in [9.17, 15) is 4.79 Å². The standard InChI is InChI=1S/C17H20N4O2/c1-14-11-18-16(19-12-14)20-7-9-21(10-8-20)17(22)23-13-15-5-3-2-4-6-15/h2-6,11-12H,7-10,13H2,1H3. The van der Waals surface area contributed by atoms with Gasteiger partial charge in [0.15, 0.2) is 0 Å². The maximum Gasteiger partial charge on any atom is 0.410 e. The third-order valence-electron chi connectivity index (χ3n) is 3.79. The van der Waals surface area contributed by atoms with Gasteiger partial charge in [-0.1, -0.05) is 30.3 Å². The number of piperazine rings is 1. The molecule has 23 heavy (non-hydrogen) atoms. The molecule has 1 aliphatic heterocycles. The Labute approximate surface area is 135 Å². The Hall–Kier alpha value is -2.63. The van der Waals surface area contributed by atoms with E-state index >= 15 is 0 Å². The number of aryl methyl sites for hydroxylation is 1. The van der Waals surface area contributed by atoms with Crippen LogP contribution in [0.25, 0.3) is 0 Å². The summed E-state index contributed by atoms with van der Waals surface area (Å²) in [7, 11) is 0. The number of anilines is 1. The fraction of sp³-hybridized carbons (Fsp3) is 0.353. The highest BCUT2D eigenvalue weighted by atomic mass is 16.6. The summed E-state index contributed by atoms with van der Waals surface area (Å²) in [6.45, 7) is 4.92. The van der Waals surface area contributed by atoms with Crippen molar-refractivity contribution in [1.82, 2.24) is 14.9 Å². The maximum absolute atomic E-state index is 12.1. The molecule has 0 unspecified atom stereocenters. The lowest BCUT2D eigenvalue weighted by molar-refractivity contribution is 0.0941. The predicted molar refractivity (Wildman–Crippen MR) is 87.2 cm³/mol. The van der Waals surface area contributed by atoms with Crippen molar-refractivity contribution in [3.8, 4) is 0 Å². The third-order valence-corrected chi connectivity index (χ3v) is 3.79. The number of hydrogen-bond acceptors (Lipinski definition) is 5. The molecule has 0 saturated carbocycles. The number of hydrogen-bond donors (Lipinski definition) is 0. The normalized spacial score (nSPS) is 14.7. The second kappa shape index (κ2) is 7.09. The zero-order valence-corrected chi connectivity index (χ0v) is 13.2. The third kappa shape index (κ3) is 3.97. The largest absolute Gasteiger partial charge is 0.445 e. The molecule has 1 aromatic carbocycles. The van der Waals surface area contributed by atoms with Gasteiger partial charge in [0.05, 0.1) is 0 Å². The van der Waals surface area contributed by atoms with Crippen LogP contribution in [-0.4, -0.2) is 47.1 Å². The smallest absolute Gasteiger partial charge is 0.410 e. The van der Waals surface area contributed by atoms with Gasteiger partial charge < -0.3 is 14.5 Å². The monoisotopic (exact) mass is 312 g/mol. The topological polar surface area (TPSA) is 58.6 Å². The van der Waals surface area contributed by atoms with Gasteiger partial charge in [0, 0.05) is 38.6 Å². The van der Waals surface area contributed by atoms with Crippen molar-refractivity contribution in [2.24, 2.45) is 0 Å². The van der Waals surface area contributed by atoms with Crippen LogP contribution in [-0.2, 0) is 11.3 Å². The van der Waals surface area contributed by atoms with Gasteiger partial charge in [-0.25, -0.2) is 14.8 Å². The van der Waals surface area contributed by atoms with Crippen molar-refractivity contribution in [3.05, 3.63) is 53.9 Å². The van der Waals surface area contributed by atoms with Crippen LogP contribution in [0, 0.1) is 6.92 Å². The predicted octanol–water partition coefficient (Wildman–Crippen LogP) is 2.24. The van der Waals surface area contributed by atoms with E-state index in [2.05, 4.69) is 14.9 Å². The van der Waals surface area contributed by atoms with E-state index in [4.69, 9.17) is 4.74 Å². The molecule has 1 amide bonds. The van der Waals surface area contributed by atoms with Crippen molar-refractivity contribution in [2.45, 2.75) is 13.5 Å². The molecule has 6 heteroatoms. The van der Waals surface area contributed by atoms with Crippen molar-refractivity contribution in [3.63, 3.8) is 0 Å². The molecule has 1 saturated heterocycles. The molecule has 0 atom stereocenters. The number of amides is 1. The Morgan fingerprint density at radius 1 is 1.09 bits per heavy atom. The van der Waals surface area contributed by atoms with Gasteiger partial charge in [-0.2, -0.15) is 0 Å². The molecule has 0 aliphatic carbocycles. The summed E-state index contributed by atoms with van der Waals surface area (Å²) in [6, 6.07) is 9.70. The summed E-state index contributed by atoms with van der Waals surface area (Å²) in [5.41, 5.74) is 2.03. The lowest BCUT2D eigenvalue weighted by Crippen LogP contribution is -2.49. The van der Waals surface area contributed by atoms with E-state index in [1.54, 1.807) is 4.90 Å². The number of ether oxygens (including phenoxy) is 1. The molecule has 6 nitrogen and oxygen atoms in total. The van der Waals surface area contributed by atoms with Crippen molar-refractivity contribution in [1.29, 1.82) is 0 Å². The molecule has 120 valence electrons. The Balaban J connectivity index is 1.48. The number of carbonyl (C=O) groups is 1. The minimum atomic E-state index is -0.265. The van der Waals surface area contributed by atoms with Crippen molar-refractivity contribution in [2.75, 3.05) is 31.1 Å². The van der Waals surface area contributed by atoms with Crippen LogP contribution in [0.3, 0.4) is 0 Å². The van der Waals surface area contributed by atoms with Gasteiger partial charge in [-0.15, -0.1) is 0 Å². The van der Waals surface area contributed by atoms with Gasteiger partial charge in [-0.3, -0.25) is 0 Å². The number of aromatic nitrogens is 2. The quantitative estimate of drug-likeness (QED) is 0.870. The van der Waals surface area contributed by atoms with Crippen LogP contribution < -0.4 is 4.90 Å². The zero-order valence-electron chi connectivity index (χ0n) is 13.2. The molecule has 1 aromatic heterocycles. The number of carbonyl (C=O) groups excluding carboxylic acids is 1. The lowest BCUT2D eigenvalue weighted by atomic mass is 10.2. The SMILES string of the molecule is Cc1cnc(N2CCN(C(=O)OCc3ccccc3)CC2)nc1. The van der Waals surface area contributed by atoms with E-state index in [0.717, 1.165) is 11.1 Å². The molecular formula is C17H20N4O2. The summed E-state index contributed by atoms with van der Waals surface area (Å²) in [5, 5.41) is 0. The highest BCUT2D eigenvalue weighted by Crippen LogP contribution is 2.12. The first-order chi connectivity index (χ1) is 11.2. The Morgan fingerprint density at radius 2 is 1.74 bits per heavy atom. The first-order valence-electron chi connectivity index (χ1n) is 7.71. The summed E-state index contributed by atoms with van der Waals surface area (Å²) in [6.07, 6.45) is 3.35. The molecular weight excluding hydrogens is 292 g/mol. The van der Waals surface area contributed by atoms with E-state index in [1.807, 2.05) is 49.6 Å². The number of rotatable bonds is 3. The molecule has 2 heterocycles. The number of benzene rings is 1. The molecule has 0 radical (unpaired) electrons. The second-order valence-corrected chi connectivity index (χ2v) is 5.57. The Morgan fingerprint density at radius 3 is 2.39 bits per heavy atom. The van der Waals surface area contributed by atoms with Gasteiger partial charge in [0.25, 0.3) is 0 Å². The molecule has 0 spiro atoms. The van der Waals surface area contributed by atoms with Crippen molar-refractivity contribution < 1.29 is 9.53 Å². The van der Waals surface area contributed by atoms with E-state index in [0.29, 0.717) is 38.7 Å². The van der Waals surface area contributed by atoms with Gasteiger partial charge in [0.1, 0.15) is 6.61 Å². The summed E-state index contributed by atoms with van der Waals surface area (Å²) < 4.78 is 5.36. The highest BCUT2D eigenvalue weighted by Gasteiger charge is 2.23. The average Bonchev–Trinajstić information content (AvgIpc) is 2.61.